The summed E-state index contributed by atoms with van der Waals surface area (Å²) in [7, 11) is 0. The van der Waals surface area contributed by atoms with Crippen molar-refractivity contribution < 1.29 is 31.1 Å². The SMILES string of the molecule is CC1N=C(c2cc(C(F)(F)F)cc(C(F)(F)F)c2)NC=C1CCCC(=O)N=Nc1cccnc1. The van der Waals surface area contributed by atoms with Crippen LogP contribution in [-0.4, -0.2) is 22.8 Å². The number of alkyl halides is 6. The van der Waals surface area contributed by atoms with Crippen molar-refractivity contribution in [2.45, 2.75) is 44.6 Å². The van der Waals surface area contributed by atoms with E-state index in [9.17, 15) is 31.1 Å². The zero-order chi connectivity index (χ0) is 24.9. The van der Waals surface area contributed by atoms with Gasteiger partial charge in [0.15, 0.2) is 0 Å². The van der Waals surface area contributed by atoms with Crippen LogP contribution in [0.1, 0.15) is 42.9 Å². The van der Waals surface area contributed by atoms with Gasteiger partial charge in [0.05, 0.1) is 23.4 Å². The number of amidine groups is 1. The minimum absolute atomic E-state index is 0.0697. The number of benzene rings is 1. The second-order valence-corrected chi connectivity index (χ2v) is 7.47. The first-order valence-electron chi connectivity index (χ1n) is 10.1. The number of nitrogens with one attached hydrogen (secondary N) is 1. The number of carbonyl (C=O) groups is 1. The van der Waals surface area contributed by atoms with Crippen LogP contribution < -0.4 is 5.32 Å². The number of pyridine rings is 1. The number of hydrogen-bond acceptors (Lipinski definition) is 5. The van der Waals surface area contributed by atoms with Gasteiger partial charge in [-0.1, -0.05) is 0 Å². The molecule has 0 saturated carbocycles. The minimum atomic E-state index is -4.95. The fourth-order valence-corrected chi connectivity index (χ4v) is 3.15. The van der Waals surface area contributed by atoms with Crippen molar-refractivity contribution in [2.24, 2.45) is 15.2 Å². The number of amides is 1. The first-order chi connectivity index (χ1) is 15.9. The molecule has 1 amide bonds. The molecule has 1 aromatic heterocycles. The summed E-state index contributed by atoms with van der Waals surface area (Å²) < 4.78 is 78.7. The van der Waals surface area contributed by atoms with Gasteiger partial charge >= 0.3 is 12.4 Å². The maximum atomic E-state index is 13.1. The molecule has 1 aliphatic heterocycles. The standard InChI is InChI=1S/C22H19F6N5O/c1-13-14(4-2-6-19(34)33-32-18-5-3-7-29-12-18)11-30-20(31-13)15-8-16(21(23,24)25)10-17(9-15)22(26,27)28/h3,5,7-13H,2,4,6H2,1H3,(H,30,31). The third-order valence-electron chi connectivity index (χ3n) is 4.89. The molecule has 34 heavy (non-hydrogen) atoms. The molecule has 12 heteroatoms. The van der Waals surface area contributed by atoms with Gasteiger partial charge in [0.25, 0.3) is 5.91 Å². The van der Waals surface area contributed by atoms with Crippen molar-refractivity contribution in [1.29, 1.82) is 0 Å². The number of hydrogen-bond donors (Lipinski definition) is 1. The lowest BCUT2D eigenvalue weighted by Gasteiger charge is -2.22. The van der Waals surface area contributed by atoms with Crippen LogP contribution in [-0.2, 0) is 17.1 Å². The molecule has 0 spiro atoms. The second-order valence-electron chi connectivity index (χ2n) is 7.47. The van der Waals surface area contributed by atoms with Crippen LogP contribution >= 0.6 is 0 Å². The van der Waals surface area contributed by atoms with Crippen LogP contribution in [0, 0.1) is 0 Å². The highest BCUT2D eigenvalue weighted by molar-refractivity contribution is 6.00. The molecular weight excluding hydrogens is 464 g/mol. The highest BCUT2D eigenvalue weighted by Gasteiger charge is 2.37. The third kappa shape index (κ3) is 6.72. The summed E-state index contributed by atoms with van der Waals surface area (Å²) in [5.41, 5.74) is -1.97. The molecule has 1 atom stereocenters. The Kier molecular flexibility index (Phi) is 7.48. The second kappa shape index (κ2) is 10.1. The predicted octanol–water partition coefficient (Wildman–Crippen LogP) is 6.22. The molecule has 6 nitrogen and oxygen atoms in total. The molecule has 0 aliphatic carbocycles. The van der Waals surface area contributed by atoms with Crippen LogP contribution in [0.5, 0.6) is 0 Å². The van der Waals surface area contributed by atoms with Crippen LogP contribution in [0.15, 0.2) is 69.7 Å². The fraction of sp³-hybridized carbons (Fsp3) is 0.318. The molecule has 1 aromatic carbocycles. The molecule has 180 valence electrons. The predicted molar refractivity (Wildman–Crippen MR) is 111 cm³/mol. The number of carbonyl (C=O) groups excluding carboxylic acids is 1. The molecule has 3 rings (SSSR count). The maximum absolute atomic E-state index is 13.1. The molecule has 2 heterocycles. The van der Waals surface area contributed by atoms with Gasteiger partial charge in [-0.15, -0.1) is 10.2 Å². The molecule has 1 N–H and O–H groups in total. The van der Waals surface area contributed by atoms with Crippen LogP contribution in [0.25, 0.3) is 0 Å². The van der Waals surface area contributed by atoms with Gasteiger partial charge in [-0.05, 0) is 55.7 Å². The molecule has 0 saturated heterocycles. The number of azo groups is 1. The van der Waals surface area contributed by atoms with Crippen molar-refractivity contribution in [3.8, 4) is 0 Å². The first-order valence-corrected chi connectivity index (χ1v) is 10.1. The largest absolute Gasteiger partial charge is 0.416 e. The number of aliphatic imine (C=N–C) groups is 1. The van der Waals surface area contributed by atoms with E-state index in [1.54, 1.807) is 25.3 Å². The van der Waals surface area contributed by atoms with E-state index < -0.39 is 35.4 Å². The molecule has 0 bridgehead atoms. The Bertz CT molecular complexity index is 1090. The summed E-state index contributed by atoms with van der Waals surface area (Å²) >= 11 is 0. The van der Waals surface area contributed by atoms with Gasteiger partial charge in [-0.25, -0.2) is 0 Å². The quantitative estimate of drug-likeness (QED) is 0.391. The summed E-state index contributed by atoms with van der Waals surface area (Å²) in [5.74, 6) is -0.539. The number of aromatic nitrogens is 1. The topological polar surface area (TPSA) is 79.1 Å². The molecule has 1 aliphatic rings. The Hall–Kier alpha value is -3.57. The lowest BCUT2D eigenvalue weighted by Crippen LogP contribution is -2.28. The van der Waals surface area contributed by atoms with Crippen molar-refractivity contribution in [3.05, 3.63) is 71.2 Å². The zero-order valence-corrected chi connectivity index (χ0v) is 17.8. The Balaban J connectivity index is 1.64. The third-order valence-corrected chi connectivity index (χ3v) is 4.89. The molecule has 2 aromatic rings. The van der Waals surface area contributed by atoms with E-state index in [2.05, 4.69) is 25.5 Å². The summed E-state index contributed by atoms with van der Waals surface area (Å²) in [6.07, 6.45) is -4.45. The Morgan fingerprint density at radius 1 is 1.09 bits per heavy atom. The summed E-state index contributed by atoms with van der Waals surface area (Å²) in [6, 6.07) is 4.10. The number of rotatable bonds is 6. The maximum Gasteiger partial charge on any atom is 0.416 e. The molecule has 0 radical (unpaired) electrons. The van der Waals surface area contributed by atoms with E-state index in [4.69, 9.17) is 0 Å². The smallest absolute Gasteiger partial charge is 0.346 e. The minimum Gasteiger partial charge on any atom is -0.346 e. The summed E-state index contributed by atoms with van der Waals surface area (Å²) in [4.78, 5) is 20.0. The van der Waals surface area contributed by atoms with Crippen LogP contribution in [0.4, 0.5) is 32.0 Å². The Morgan fingerprint density at radius 2 is 1.76 bits per heavy atom. The fourth-order valence-electron chi connectivity index (χ4n) is 3.15. The lowest BCUT2D eigenvalue weighted by molar-refractivity contribution is -0.143. The Labute approximate surface area is 190 Å². The summed E-state index contributed by atoms with van der Waals surface area (Å²) in [6.45, 7) is 1.66. The van der Waals surface area contributed by atoms with Crippen LogP contribution in [0.3, 0.4) is 0 Å². The summed E-state index contributed by atoms with van der Waals surface area (Å²) in [5, 5.41) is 10.1. The molecule has 0 fully saturated rings. The van der Waals surface area contributed by atoms with Crippen LogP contribution in [0.2, 0.25) is 0 Å². The van der Waals surface area contributed by atoms with Gasteiger partial charge < -0.3 is 5.32 Å². The van der Waals surface area contributed by atoms with E-state index in [1.165, 1.54) is 12.4 Å². The normalized spacial score (nSPS) is 16.7. The van der Waals surface area contributed by atoms with Gasteiger partial charge in [0.1, 0.15) is 11.5 Å². The van der Waals surface area contributed by atoms with Gasteiger partial charge in [-0.2, -0.15) is 26.3 Å². The first kappa shape index (κ1) is 25.1. The number of halogens is 6. The van der Waals surface area contributed by atoms with Gasteiger partial charge in [0.2, 0.25) is 0 Å². The lowest BCUT2D eigenvalue weighted by atomic mass is 10.00. The van der Waals surface area contributed by atoms with Crippen molar-refractivity contribution >= 4 is 17.4 Å². The van der Waals surface area contributed by atoms with E-state index >= 15 is 0 Å². The van der Waals surface area contributed by atoms with Gasteiger partial charge in [-0.3, -0.25) is 14.8 Å². The zero-order valence-electron chi connectivity index (χ0n) is 17.8. The van der Waals surface area contributed by atoms with E-state index in [1.807, 2.05) is 0 Å². The van der Waals surface area contributed by atoms with Crippen molar-refractivity contribution in [1.82, 2.24) is 10.3 Å². The van der Waals surface area contributed by atoms with E-state index in [0.717, 1.165) is 5.57 Å². The number of nitrogens with zero attached hydrogens (tertiary/aromatic N) is 4. The molecule has 1 unspecified atom stereocenters. The van der Waals surface area contributed by atoms with Gasteiger partial charge in [0, 0.05) is 24.4 Å². The van der Waals surface area contributed by atoms with E-state index in [0.29, 0.717) is 30.7 Å². The Morgan fingerprint density at radius 3 is 2.32 bits per heavy atom. The highest BCUT2D eigenvalue weighted by atomic mass is 19.4. The van der Waals surface area contributed by atoms with E-state index in [-0.39, 0.29) is 23.9 Å². The molecular formula is C22H19F6N5O. The monoisotopic (exact) mass is 483 g/mol. The average Bonchev–Trinajstić information content (AvgIpc) is 2.78. The average molecular weight is 483 g/mol. The van der Waals surface area contributed by atoms with Crippen molar-refractivity contribution in [3.63, 3.8) is 0 Å². The van der Waals surface area contributed by atoms with Crippen molar-refractivity contribution in [2.75, 3.05) is 0 Å². The highest BCUT2D eigenvalue weighted by Crippen LogP contribution is 2.36.